The van der Waals surface area contributed by atoms with Gasteiger partial charge in [-0.25, -0.2) is 15.0 Å². The van der Waals surface area contributed by atoms with Crippen LogP contribution in [0.5, 0.6) is 5.75 Å². The highest BCUT2D eigenvalue weighted by atomic mass is 35.5. The third kappa shape index (κ3) is 4.78. The number of hydrogen-bond acceptors (Lipinski definition) is 8. The molecule has 2 aromatic heterocycles. The van der Waals surface area contributed by atoms with Crippen molar-refractivity contribution in [3.05, 3.63) is 114 Å². The summed E-state index contributed by atoms with van der Waals surface area (Å²) in [5.74, 6) is 3.39. The smallest absolute Gasteiger partial charge is 0.205 e. The van der Waals surface area contributed by atoms with Crippen LogP contribution in [0.1, 0.15) is 50.1 Å². The number of aromatic nitrogens is 4. The van der Waals surface area contributed by atoms with Crippen molar-refractivity contribution in [2.24, 2.45) is 0 Å². The lowest BCUT2D eigenvalue weighted by atomic mass is 9.77. The summed E-state index contributed by atoms with van der Waals surface area (Å²) >= 11 is 6.58. The molecule has 240 valence electrons. The molecule has 2 aliphatic heterocycles. The Morgan fingerprint density at radius 3 is 2.15 bits per heavy atom. The van der Waals surface area contributed by atoms with Crippen molar-refractivity contribution >= 4 is 28.6 Å². The van der Waals surface area contributed by atoms with Gasteiger partial charge in [-0.2, -0.15) is 0 Å². The summed E-state index contributed by atoms with van der Waals surface area (Å²) < 4.78 is 26.9. The van der Waals surface area contributed by atoms with Gasteiger partial charge >= 0.3 is 0 Å². The molecule has 2 aliphatic rings. The third-order valence-electron chi connectivity index (χ3n) is 9.30. The van der Waals surface area contributed by atoms with E-state index in [2.05, 4.69) is 52.6 Å². The van der Waals surface area contributed by atoms with Gasteiger partial charge in [-0.3, -0.25) is 4.57 Å². The number of imidazole rings is 1. The predicted octanol–water partition coefficient (Wildman–Crippen LogP) is 6.68. The zero-order chi connectivity index (χ0) is 32.9. The van der Waals surface area contributed by atoms with Gasteiger partial charge in [0.05, 0.1) is 19.3 Å². The maximum Gasteiger partial charge on any atom is 0.205 e. The van der Waals surface area contributed by atoms with Crippen molar-refractivity contribution in [3.63, 3.8) is 0 Å². The van der Waals surface area contributed by atoms with Gasteiger partial charge in [-0.15, -0.1) is 18.0 Å². The first kappa shape index (κ1) is 31.2. The normalized spacial score (nSPS) is 24.9. The van der Waals surface area contributed by atoms with Crippen LogP contribution < -0.4 is 10.1 Å². The fraction of sp³-hybridized carbons (Fsp3) is 0.324. The van der Waals surface area contributed by atoms with Gasteiger partial charge in [-0.05, 0) is 49.1 Å². The van der Waals surface area contributed by atoms with Gasteiger partial charge in [0.15, 0.2) is 29.0 Å². The molecular formula is C37H36ClN5O4. The van der Waals surface area contributed by atoms with E-state index < -0.39 is 34.9 Å². The number of nitrogens with one attached hydrogen (secondary N) is 1. The van der Waals surface area contributed by atoms with Crippen molar-refractivity contribution in [2.45, 2.75) is 62.1 Å². The van der Waals surface area contributed by atoms with E-state index in [1.807, 2.05) is 73.9 Å². The van der Waals surface area contributed by atoms with Gasteiger partial charge in [0.1, 0.15) is 29.3 Å². The molecule has 10 heteroatoms. The summed E-state index contributed by atoms with van der Waals surface area (Å²) in [7, 11) is 1.66. The van der Waals surface area contributed by atoms with Crippen molar-refractivity contribution in [3.8, 4) is 18.1 Å². The molecule has 4 heterocycles. The fourth-order valence-corrected chi connectivity index (χ4v) is 7.43. The molecule has 4 atom stereocenters. The molecule has 9 nitrogen and oxygen atoms in total. The van der Waals surface area contributed by atoms with Crippen LogP contribution in [-0.4, -0.2) is 55.6 Å². The zero-order valence-electron chi connectivity index (χ0n) is 26.7. The van der Waals surface area contributed by atoms with Crippen LogP contribution in [0.4, 0.5) is 5.82 Å². The van der Waals surface area contributed by atoms with Crippen LogP contribution in [-0.2, 0) is 19.7 Å². The first-order valence-corrected chi connectivity index (χ1v) is 16.1. The van der Waals surface area contributed by atoms with E-state index >= 15 is 0 Å². The molecule has 0 unspecified atom stereocenters. The molecule has 1 N–H and O–H groups in total. The second kappa shape index (κ2) is 11.7. The standard InChI is InChI=1S/C37H36ClN5O4/c1-6-35(22-38)32-36(7-2,47-34(3,4)45-32)33(46-35)43-24-41-29-30(39-23-40-31(29)43)42-37(25-14-10-8-11-15-25,26-16-12-9-13-17-26)27-18-20-28(44-5)21-19-27/h2,8-21,23-24,32-33H,6,22H2,1,3-5H3,(H,39,40,42)/t32-,33-,35+,36-/m1/s1. The van der Waals surface area contributed by atoms with Crippen molar-refractivity contribution in [1.29, 1.82) is 0 Å². The molecular weight excluding hydrogens is 614 g/mol. The molecule has 7 rings (SSSR count). The molecule has 0 aliphatic carbocycles. The van der Waals surface area contributed by atoms with Crippen LogP contribution in [0, 0.1) is 12.3 Å². The van der Waals surface area contributed by atoms with E-state index in [-0.39, 0.29) is 5.88 Å². The maximum absolute atomic E-state index is 6.73. The van der Waals surface area contributed by atoms with E-state index in [0.29, 0.717) is 23.4 Å². The number of benzene rings is 3. The highest BCUT2D eigenvalue weighted by molar-refractivity contribution is 6.18. The van der Waals surface area contributed by atoms with Crippen molar-refractivity contribution < 1.29 is 18.9 Å². The molecule has 2 saturated heterocycles. The highest BCUT2D eigenvalue weighted by Gasteiger charge is 2.71. The second-order valence-electron chi connectivity index (χ2n) is 12.3. The Morgan fingerprint density at radius 2 is 1.57 bits per heavy atom. The van der Waals surface area contributed by atoms with Gasteiger partial charge in [0.2, 0.25) is 5.60 Å². The Hall–Kier alpha value is -4.46. The van der Waals surface area contributed by atoms with E-state index in [1.165, 1.54) is 6.33 Å². The minimum Gasteiger partial charge on any atom is -0.497 e. The first-order valence-electron chi connectivity index (χ1n) is 15.6. The Morgan fingerprint density at radius 1 is 0.936 bits per heavy atom. The average molecular weight is 650 g/mol. The number of hydrogen-bond donors (Lipinski definition) is 1. The molecule has 3 aromatic carbocycles. The average Bonchev–Trinajstić information content (AvgIpc) is 3.75. The van der Waals surface area contributed by atoms with Gasteiger partial charge in [0.25, 0.3) is 0 Å². The Bertz CT molecular complexity index is 1880. The van der Waals surface area contributed by atoms with Crippen LogP contribution >= 0.6 is 11.6 Å². The first-order chi connectivity index (χ1) is 22.8. The fourth-order valence-electron chi connectivity index (χ4n) is 7.04. The van der Waals surface area contributed by atoms with Crippen molar-refractivity contribution in [2.75, 3.05) is 18.3 Å². The third-order valence-corrected chi connectivity index (χ3v) is 9.75. The maximum atomic E-state index is 6.73. The molecule has 5 aromatic rings. The summed E-state index contributed by atoms with van der Waals surface area (Å²) in [4.78, 5) is 14.3. The Balaban J connectivity index is 1.41. The second-order valence-corrected chi connectivity index (χ2v) is 12.6. The number of anilines is 1. The topological polar surface area (TPSA) is 92.6 Å². The van der Waals surface area contributed by atoms with Gasteiger partial charge < -0.3 is 24.3 Å². The predicted molar refractivity (Wildman–Crippen MR) is 180 cm³/mol. The van der Waals surface area contributed by atoms with Gasteiger partial charge in [-0.1, -0.05) is 85.6 Å². The summed E-state index contributed by atoms with van der Waals surface area (Å²) in [6, 6.07) is 28.5. The van der Waals surface area contributed by atoms with E-state index in [4.69, 9.17) is 46.9 Å². The van der Waals surface area contributed by atoms with Crippen molar-refractivity contribution in [1.82, 2.24) is 19.5 Å². The highest BCUT2D eigenvalue weighted by Crippen LogP contribution is 2.56. The lowest BCUT2D eigenvalue weighted by molar-refractivity contribution is -0.224. The number of terminal acetylenes is 1. The minimum atomic E-state index is -1.28. The summed E-state index contributed by atoms with van der Waals surface area (Å²) in [6.45, 7) is 5.69. The number of halogens is 1. The molecule has 0 amide bonds. The summed E-state index contributed by atoms with van der Waals surface area (Å²) in [6.07, 6.45) is 8.57. The monoisotopic (exact) mass is 649 g/mol. The minimum absolute atomic E-state index is 0.167. The van der Waals surface area contributed by atoms with Gasteiger partial charge in [0, 0.05) is 0 Å². The Kier molecular flexibility index (Phi) is 7.72. The van der Waals surface area contributed by atoms with E-state index in [1.54, 1.807) is 13.4 Å². The van der Waals surface area contributed by atoms with Crippen LogP contribution in [0.15, 0.2) is 97.6 Å². The van der Waals surface area contributed by atoms with Crippen LogP contribution in [0.2, 0.25) is 0 Å². The number of fused-ring (bicyclic) bond motifs is 2. The number of nitrogens with zero attached hydrogens (tertiary/aromatic N) is 4. The summed E-state index contributed by atoms with van der Waals surface area (Å²) in [5.41, 5.74) is 0.987. The van der Waals surface area contributed by atoms with Crippen LogP contribution in [0.25, 0.3) is 11.2 Å². The molecule has 0 saturated carbocycles. The number of alkyl halides is 1. The van der Waals surface area contributed by atoms with Crippen LogP contribution in [0.3, 0.4) is 0 Å². The number of methoxy groups -OCH3 is 1. The zero-order valence-corrected chi connectivity index (χ0v) is 27.4. The SMILES string of the molecule is C#C[C@@]12OC(C)(C)O[C@@H]1[C@](CC)(CCl)O[C@H]2n1cnc2c(NC(c3ccccc3)(c3ccccc3)c3ccc(OC)cc3)ncnc21. The Labute approximate surface area is 279 Å². The molecule has 47 heavy (non-hydrogen) atoms. The van der Waals surface area contributed by atoms with E-state index in [0.717, 1.165) is 22.4 Å². The molecule has 2 fully saturated rings. The summed E-state index contributed by atoms with van der Waals surface area (Å²) in [5, 5.41) is 3.82. The molecule has 0 spiro atoms. The lowest BCUT2D eigenvalue weighted by Gasteiger charge is -2.37. The number of rotatable bonds is 9. The molecule has 0 bridgehead atoms. The largest absolute Gasteiger partial charge is 0.497 e. The quantitative estimate of drug-likeness (QED) is 0.107. The molecule has 0 radical (unpaired) electrons. The lowest BCUT2D eigenvalue weighted by Crippen LogP contribution is -2.49. The number of ether oxygens (including phenoxy) is 4. The van der Waals surface area contributed by atoms with E-state index in [9.17, 15) is 0 Å².